The average Bonchev–Trinajstić information content (AvgIpc) is 3.42. The molecule has 0 spiro atoms. The summed E-state index contributed by atoms with van der Waals surface area (Å²) < 4.78 is 2.28. The van der Waals surface area contributed by atoms with E-state index in [2.05, 4.69) is 73.4 Å². The Balaban J connectivity index is 1.45. The van der Waals surface area contributed by atoms with Crippen molar-refractivity contribution in [3.8, 4) is 5.69 Å². The van der Waals surface area contributed by atoms with Gasteiger partial charge in [0.2, 0.25) is 0 Å². The number of para-hydroxylation sites is 1. The van der Waals surface area contributed by atoms with E-state index in [1.54, 1.807) is 6.20 Å². The monoisotopic (exact) mass is 468 g/mol. The standard InChI is InChI=1S/C27H28N6S/c1-20-13-14-24(33(20)22-11-7-15-28-19-22)26-25(23-12-5-6-16-30-23)31-27(34)32(26)18-8-17-29-21-9-3-2-4-10-21/h2-7,9-16,19,25-26,29H,8,17-18H2,1H3,(H,31,34). The SMILES string of the molecule is Cc1ccc(C2C(c3ccccn3)NC(=S)N2CCCNc2ccccc2)n1-c1cccnc1. The molecule has 4 aromatic rings. The van der Waals surface area contributed by atoms with Crippen molar-refractivity contribution in [2.24, 2.45) is 0 Å². The highest BCUT2D eigenvalue weighted by Crippen LogP contribution is 2.40. The van der Waals surface area contributed by atoms with E-state index in [1.165, 1.54) is 5.69 Å². The number of aromatic nitrogens is 3. The molecule has 2 N–H and O–H groups in total. The predicted molar refractivity (Wildman–Crippen MR) is 140 cm³/mol. The van der Waals surface area contributed by atoms with Gasteiger partial charge in [0.15, 0.2) is 5.11 Å². The van der Waals surface area contributed by atoms with Crippen molar-refractivity contribution in [3.63, 3.8) is 0 Å². The van der Waals surface area contributed by atoms with Crippen LogP contribution in [0.4, 0.5) is 5.69 Å². The number of rotatable bonds is 8. The van der Waals surface area contributed by atoms with E-state index in [0.717, 1.165) is 47.4 Å². The van der Waals surface area contributed by atoms with Gasteiger partial charge in [-0.1, -0.05) is 24.3 Å². The lowest BCUT2D eigenvalue weighted by atomic mass is 10.0. The maximum atomic E-state index is 5.85. The van der Waals surface area contributed by atoms with Crippen molar-refractivity contribution in [1.29, 1.82) is 0 Å². The minimum atomic E-state index is -0.0412. The summed E-state index contributed by atoms with van der Waals surface area (Å²) in [4.78, 5) is 11.3. The van der Waals surface area contributed by atoms with Gasteiger partial charge in [-0.2, -0.15) is 0 Å². The van der Waals surface area contributed by atoms with Crippen LogP contribution in [-0.2, 0) is 0 Å². The minimum Gasteiger partial charge on any atom is -0.385 e. The van der Waals surface area contributed by atoms with E-state index in [9.17, 15) is 0 Å². The Bertz CT molecular complexity index is 1230. The summed E-state index contributed by atoms with van der Waals surface area (Å²) in [6.07, 6.45) is 6.50. The summed E-state index contributed by atoms with van der Waals surface area (Å²) in [5.74, 6) is 0. The molecule has 0 radical (unpaired) electrons. The molecule has 0 aliphatic carbocycles. The first-order valence-electron chi connectivity index (χ1n) is 11.6. The third-order valence-corrected chi connectivity index (χ3v) is 6.54. The zero-order chi connectivity index (χ0) is 23.3. The van der Waals surface area contributed by atoms with Crippen LogP contribution in [0.25, 0.3) is 5.69 Å². The Kier molecular flexibility index (Phi) is 6.53. The van der Waals surface area contributed by atoms with E-state index in [4.69, 9.17) is 12.2 Å². The van der Waals surface area contributed by atoms with Crippen LogP contribution >= 0.6 is 12.2 Å². The fraction of sp³-hybridized carbons (Fsp3) is 0.222. The number of nitrogens with one attached hydrogen (secondary N) is 2. The smallest absolute Gasteiger partial charge is 0.170 e. The molecule has 0 saturated carbocycles. The summed E-state index contributed by atoms with van der Waals surface area (Å²) in [7, 11) is 0. The Morgan fingerprint density at radius 3 is 2.59 bits per heavy atom. The van der Waals surface area contributed by atoms with Gasteiger partial charge >= 0.3 is 0 Å². The van der Waals surface area contributed by atoms with E-state index >= 15 is 0 Å². The van der Waals surface area contributed by atoms with Gasteiger partial charge in [0.25, 0.3) is 0 Å². The Labute approximate surface area is 205 Å². The first-order valence-corrected chi connectivity index (χ1v) is 12.0. The third-order valence-electron chi connectivity index (χ3n) is 6.19. The molecule has 1 fully saturated rings. The maximum absolute atomic E-state index is 5.85. The van der Waals surface area contributed by atoms with Crippen molar-refractivity contribution in [3.05, 3.63) is 108 Å². The van der Waals surface area contributed by atoms with Crippen LogP contribution in [0.1, 0.15) is 35.6 Å². The van der Waals surface area contributed by atoms with Gasteiger partial charge in [0.05, 0.1) is 29.7 Å². The van der Waals surface area contributed by atoms with Crippen LogP contribution in [0.3, 0.4) is 0 Å². The summed E-state index contributed by atoms with van der Waals surface area (Å²) >= 11 is 5.85. The van der Waals surface area contributed by atoms with Crippen LogP contribution in [-0.4, -0.2) is 37.6 Å². The molecule has 4 heterocycles. The quantitative estimate of drug-likeness (QED) is 0.279. The first-order chi connectivity index (χ1) is 16.7. The molecule has 2 unspecified atom stereocenters. The summed E-state index contributed by atoms with van der Waals surface area (Å²) in [5, 5.41) is 7.83. The normalized spacial score (nSPS) is 17.6. The Hall–Kier alpha value is -3.71. The number of benzene rings is 1. The lowest BCUT2D eigenvalue weighted by Gasteiger charge is -2.29. The van der Waals surface area contributed by atoms with Gasteiger partial charge in [-0.3, -0.25) is 9.97 Å². The van der Waals surface area contributed by atoms with Crippen LogP contribution in [0.2, 0.25) is 0 Å². The van der Waals surface area contributed by atoms with Crippen molar-refractivity contribution >= 4 is 23.0 Å². The molecule has 2 atom stereocenters. The molecule has 6 nitrogen and oxygen atoms in total. The number of aryl methyl sites for hydroxylation is 1. The Morgan fingerprint density at radius 1 is 0.971 bits per heavy atom. The molecule has 1 aromatic carbocycles. The Morgan fingerprint density at radius 2 is 1.82 bits per heavy atom. The summed E-state index contributed by atoms with van der Waals surface area (Å²) in [6, 6.07) is 24.7. The van der Waals surface area contributed by atoms with Crippen molar-refractivity contribution in [1.82, 2.24) is 24.8 Å². The van der Waals surface area contributed by atoms with Gasteiger partial charge in [0, 0.05) is 42.6 Å². The predicted octanol–water partition coefficient (Wildman–Crippen LogP) is 5.05. The highest BCUT2D eigenvalue weighted by molar-refractivity contribution is 7.80. The van der Waals surface area contributed by atoms with Gasteiger partial charge in [-0.15, -0.1) is 0 Å². The summed E-state index contributed by atoms with van der Waals surface area (Å²) in [5.41, 5.74) is 5.49. The van der Waals surface area contributed by atoms with Gasteiger partial charge in [0.1, 0.15) is 0 Å². The molecule has 1 aliphatic heterocycles. The minimum absolute atomic E-state index is 0.00744. The fourth-order valence-corrected chi connectivity index (χ4v) is 4.97. The number of thiocarbonyl (C=S) groups is 1. The molecule has 1 aliphatic rings. The number of nitrogens with zero attached hydrogens (tertiary/aromatic N) is 4. The number of pyridine rings is 2. The maximum Gasteiger partial charge on any atom is 0.170 e. The largest absolute Gasteiger partial charge is 0.385 e. The van der Waals surface area contributed by atoms with E-state index in [0.29, 0.717) is 0 Å². The summed E-state index contributed by atoms with van der Waals surface area (Å²) in [6.45, 7) is 3.82. The van der Waals surface area contributed by atoms with E-state index in [1.807, 2.05) is 48.8 Å². The van der Waals surface area contributed by atoms with Crippen LogP contribution in [0, 0.1) is 6.92 Å². The zero-order valence-corrected chi connectivity index (χ0v) is 19.9. The highest BCUT2D eigenvalue weighted by atomic mass is 32.1. The molecular weight excluding hydrogens is 440 g/mol. The molecule has 1 saturated heterocycles. The first kappa shape index (κ1) is 22.1. The molecular formula is C27H28N6S. The van der Waals surface area contributed by atoms with Crippen LogP contribution < -0.4 is 10.6 Å². The molecule has 172 valence electrons. The van der Waals surface area contributed by atoms with E-state index in [-0.39, 0.29) is 12.1 Å². The zero-order valence-electron chi connectivity index (χ0n) is 19.1. The average molecular weight is 469 g/mol. The van der Waals surface area contributed by atoms with Crippen LogP contribution in [0.5, 0.6) is 0 Å². The molecule has 7 heteroatoms. The van der Waals surface area contributed by atoms with Crippen molar-refractivity contribution in [2.75, 3.05) is 18.4 Å². The van der Waals surface area contributed by atoms with Gasteiger partial charge in [-0.05, 0) is 74.1 Å². The lowest BCUT2D eigenvalue weighted by molar-refractivity contribution is 0.307. The number of hydrogen-bond acceptors (Lipinski definition) is 4. The van der Waals surface area contributed by atoms with E-state index < -0.39 is 0 Å². The number of anilines is 1. The fourth-order valence-electron chi connectivity index (χ4n) is 4.63. The van der Waals surface area contributed by atoms with Crippen LogP contribution in [0.15, 0.2) is 91.4 Å². The second-order valence-electron chi connectivity index (χ2n) is 8.41. The third kappa shape index (κ3) is 4.52. The highest BCUT2D eigenvalue weighted by Gasteiger charge is 2.41. The second kappa shape index (κ2) is 10.1. The van der Waals surface area contributed by atoms with Crippen molar-refractivity contribution < 1.29 is 0 Å². The lowest BCUT2D eigenvalue weighted by Crippen LogP contribution is -2.32. The second-order valence-corrected chi connectivity index (χ2v) is 8.80. The number of hydrogen-bond donors (Lipinski definition) is 2. The topological polar surface area (TPSA) is 58.0 Å². The molecule has 5 rings (SSSR count). The van der Waals surface area contributed by atoms with Gasteiger partial charge in [-0.25, -0.2) is 0 Å². The molecule has 0 amide bonds. The molecule has 3 aromatic heterocycles. The molecule has 34 heavy (non-hydrogen) atoms. The van der Waals surface area contributed by atoms with Gasteiger partial charge < -0.3 is 20.1 Å². The van der Waals surface area contributed by atoms with Crippen molar-refractivity contribution in [2.45, 2.75) is 25.4 Å². The molecule has 0 bridgehead atoms.